The van der Waals surface area contributed by atoms with Crippen LogP contribution in [-0.2, 0) is 85.0 Å². The summed E-state index contributed by atoms with van der Waals surface area (Å²) in [7, 11) is -4.90. The minimum absolute atomic E-state index is 0.0380. The van der Waals surface area contributed by atoms with Gasteiger partial charge in [-0.1, -0.05) is 166 Å². The minimum Gasteiger partial charge on any atom is -0.497 e. The lowest BCUT2D eigenvalue weighted by Crippen LogP contribution is -2.40. The van der Waals surface area contributed by atoms with Crippen LogP contribution in [0, 0.1) is 17.8 Å². The number of hydrogen-bond acceptors (Lipinski definition) is 32. The van der Waals surface area contributed by atoms with Crippen LogP contribution in [0.3, 0.4) is 0 Å². The summed E-state index contributed by atoms with van der Waals surface area (Å²) in [6.07, 6.45) is -7.62. The van der Waals surface area contributed by atoms with Crippen molar-refractivity contribution in [1.82, 2.24) is 28.7 Å². The molecule has 0 bridgehead atoms. The lowest BCUT2D eigenvalue weighted by molar-refractivity contribution is -0.153. The molecule has 32 nitrogen and oxygen atoms in total. The molecule has 14 rings (SSSR count). The van der Waals surface area contributed by atoms with Gasteiger partial charge in [0.2, 0.25) is 0 Å². The highest BCUT2D eigenvalue weighted by atomic mass is 35.9. The van der Waals surface area contributed by atoms with Crippen molar-refractivity contribution < 1.29 is 107 Å². The van der Waals surface area contributed by atoms with Gasteiger partial charge in [-0.25, -0.2) is 36.7 Å². The fourth-order valence-corrected chi connectivity index (χ4v) is 23.1. The Morgan fingerprint density at radius 1 is 0.500 bits per heavy atom. The van der Waals surface area contributed by atoms with Crippen LogP contribution in [0.5, 0.6) is 11.5 Å². The molecule has 5 fully saturated rings. The molecule has 134 heavy (non-hydrogen) atoms. The van der Waals surface area contributed by atoms with E-state index in [9.17, 15) is 57.1 Å². The number of methoxy groups -OCH3 is 2. The number of nitrogen functional groups attached to an aromatic ring is 1. The van der Waals surface area contributed by atoms with Gasteiger partial charge in [0.05, 0.1) is 106 Å². The maximum atomic E-state index is 16.1. The van der Waals surface area contributed by atoms with Crippen LogP contribution in [0.4, 0.5) is 30.6 Å². The zero-order valence-corrected chi connectivity index (χ0v) is 81.7. The van der Waals surface area contributed by atoms with Crippen molar-refractivity contribution in [2.45, 2.75) is 180 Å². The molecule has 8 heterocycles. The van der Waals surface area contributed by atoms with Gasteiger partial charge in [-0.2, -0.15) is 15.0 Å². The van der Waals surface area contributed by atoms with Crippen LogP contribution in [-0.4, -0.2) is 182 Å². The van der Waals surface area contributed by atoms with Gasteiger partial charge in [-0.3, -0.25) is 59.8 Å². The summed E-state index contributed by atoms with van der Waals surface area (Å²) in [5, 5.41) is 22.0. The maximum absolute atomic E-state index is 16.1. The number of aromatic nitrogens is 6. The smallest absolute Gasteiger partial charge is 0.475 e. The first-order valence-corrected chi connectivity index (χ1v) is 52.2. The maximum Gasteiger partial charge on any atom is 0.475 e. The van der Waals surface area contributed by atoms with Gasteiger partial charge < -0.3 is 54.8 Å². The number of carbonyl (C=O) groups excluding carboxylic acids is 3. The van der Waals surface area contributed by atoms with E-state index in [4.69, 9.17) is 79.0 Å². The van der Waals surface area contributed by atoms with Gasteiger partial charge in [-0.15, -0.1) is 35.3 Å². The molecule has 0 aliphatic carbocycles. The number of phosphoric ester groups is 2. The summed E-state index contributed by atoms with van der Waals surface area (Å²) in [5.74, 6) is -0.384. The van der Waals surface area contributed by atoms with E-state index in [0.717, 1.165) is 73.2 Å². The Bertz CT molecular complexity index is 5630. The van der Waals surface area contributed by atoms with E-state index < -0.39 is 136 Å². The zero-order valence-electron chi connectivity index (χ0n) is 75.1. The number of nitrogens with two attached hydrogens (primary N) is 1. The molecule has 5 aliphatic heterocycles. The quantitative estimate of drug-likeness (QED) is 0.0108. The third kappa shape index (κ3) is 26.9. The Labute approximate surface area is 795 Å². The molecule has 9 aromatic rings. The molecule has 0 radical (unpaired) electrons. The van der Waals surface area contributed by atoms with E-state index in [-0.39, 0.29) is 100 Å². The van der Waals surface area contributed by atoms with Crippen LogP contribution in [0.25, 0.3) is 0 Å². The molecular formula is C91H109Cl2F3N9O23P3S3. The van der Waals surface area contributed by atoms with Gasteiger partial charge in [0.25, 0.3) is 0 Å². The summed E-state index contributed by atoms with van der Waals surface area (Å²) in [5.41, 5.74) is 6.97. The second kappa shape index (κ2) is 47.9. The number of carbonyl (C=O) groups is 3. The van der Waals surface area contributed by atoms with Crippen LogP contribution in [0.1, 0.15) is 131 Å². The highest BCUT2D eigenvalue weighted by Gasteiger charge is 2.56. The first-order chi connectivity index (χ1) is 63.8. The van der Waals surface area contributed by atoms with Crippen molar-refractivity contribution in [2.75, 3.05) is 70.2 Å². The van der Waals surface area contributed by atoms with E-state index in [0.29, 0.717) is 23.7 Å². The van der Waals surface area contributed by atoms with Crippen molar-refractivity contribution in [2.24, 2.45) is 17.8 Å². The summed E-state index contributed by atoms with van der Waals surface area (Å²) in [4.78, 5) is 86.3. The number of nitrogens with zero attached hydrogens (tertiary/aromatic N) is 6. The molecular weight excluding hydrogens is 1900 g/mol. The van der Waals surface area contributed by atoms with Crippen molar-refractivity contribution in [3.63, 3.8) is 0 Å². The van der Waals surface area contributed by atoms with Crippen molar-refractivity contribution >= 4 is 115 Å². The van der Waals surface area contributed by atoms with Gasteiger partial charge in [0, 0.05) is 18.6 Å². The normalized spacial score (nSPS) is 23.8. The van der Waals surface area contributed by atoms with Crippen molar-refractivity contribution in [1.29, 1.82) is 0 Å². The third-order valence-corrected chi connectivity index (χ3v) is 30.4. The molecule has 17 atom stereocenters. The molecule has 0 amide bonds. The second-order valence-electron chi connectivity index (χ2n) is 32.5. The predicted octanol–water partition coefficient (Wildman–Crippen LogP) is 16.9. The zero-order chi connectivity index (χ0) is 97.0. The number of fused-ring (bicyclic) bond motifs is 2. The number of alkyl halides is 3. The molecule has 6 N–H and O–H groups in total. The Hall–Kier alpha value is -8.88. The summed E-state index contributed by atoms with van der Waals surface area (Å²) >= 11 is 13.6. The standard InChI is InChI=1S/C37H41FN3O8PS.C29H28FN3O4S.C17H25FN3O7PS.C8H15Cl2O4P/c1-24(2)48-35(42)25(3)20-22-46-50(44)47-23-30-33(49-50)32(38)34(51-30)41-21-19-31(39-36(41)43)40-37(26-11-7-5-8-12-26,27-13-9-6-10-14-27)28-15-17-29(45-4)18-16-28;1-37-22-14-12-21(13-15-22)29(19-8-4-2-5-9-19,20-10-6-3-7-11-20)32-24-16-17-33(28(36)31-24)27-25(30)26(35)23(18-34)38-27;1-9(2)27-16(22)10(3)5-7-25-29(24)26-8-11-14(28-29)13(18)15(30-11)21-6-4-12(19)20-17(21)23;1-6(2)14-8(11)7(3)4-5-13-15(9,10)12/h5-19,21,24-25,30,32-34H,20,22-23H2,1-4H3,(H,39,40,43);2-17,23,25-27,34-35H,18H2,1H3,(H,31,32,36);4,6,9-11,13-15H,5,7-8H2,1-3H3,(H2,19,20,23);6-7H,4-5H2,1-3H3/t25-,30-,32+,33-,34-,50?;23-,25+,26-,27-;10-,11-,13+,14-,15-,29?;7-/m1111/s1. The SMILES string of the molecule is CC(C)OC(=O)[C@H](C)CCOP(=O)(Cl)Cl.CC(C)OC(=O)[C@H](C)CCOP1(=O)OC[C@H]2S[C@@H](n3ccc(N)nc3=O)[C@@H](F)[C@@H]2O1.COc1ccc(C(Nc2ccn([C@@H]3S[C@@H]4COP(=O)(OCC[C@@H](C)C(=O)OC(C)C)O[C@H]4[C@@H]3F)c(=O)n2)(c2ccccc2)c2ccccc2)cc1.COc1ccc(C(Nc2ccn([C@@H]3S[C@H](CO)[C@@H](O)[C@@H]3F)c(=O)n2)(c2ccccc2)c2ccccc2)cc1. The third-order valence-electron chi connectivity index (χ3n) is 21.8. The number of rotatable bonds is 34. The van der Waals surface area contributed by atoms with Gasteiger partial charge >= 0.3 is 56.7 Å². The largest absolute Gasteiger partial charge is 0.497 e. The van der Waals surface area contributed by atoms with Crippen molar-refractivity contribution in [3.05, 3.63) is 271 Å². The fourth-order valence-electron chi connectivity index (χ4n) is 14.9. The predicted molar refractivity (Wildman–Crippen MR) is 507 cm³/mol. The Morgan fingerprint density at radius 3 is 1.13 bits per heavy atom. The number of nitrogens with one attached hydrogen (secondary N) is 2. The van der Waals surface area contributed by atoms with E-state index in [1.807, 2.05) is 170 Å². The van der Waals surface area contributed by atoms with E-state index >= 15 is 8.78 Å². The highest BCUT2D eigenvalue weighted by molar-refractivity contribution is 8.05. The number of thioether (sulfide) groups is 3. The van der Waals surface area contributed by atoms with Crippen LogP contribution < -0.4 is 42.9 Å². The molecule has 3 aromatic heterocycles. The number of ether oxygens (including phenoxy) is 5. The minimum atomic E-state index is -4.12. The van der Waals surface area contributed by atoms with Gasteiger partial charge in [-0.05, 0) is 159 Å². The Morgan fingerprint density at radius 2 is 0.821 bits per heavy atom. The molecule has 5 aliphatic rings. The van der Waals surface area contributed by atoms with Gasteiger partial charge in [0.15, 0.2) is 18.5 Å². The van der Waals surface area contributed by atoms with E-state index in [2.05, 4.69) is 30.1 Å². The number of hydrogen-bond donors (Lipinski definition) is 5. The summed E-state index contributed by atoms with van der Waals surface area (Å²) in [6, 6.07) is 59.4. The topological polar surface area (TPSA) is 408 Å². The average molecular weight is 2010 g/mol. The number of aliphatic hydroxyl groups excluding tert-OH is 2. The average Bonchev–Trinajstić information content (AvgIpc) is 1.07. The highest BCUT2D eigenvalue weighted by Crippen LogP contribution is 2.62. The number of phosphoric acid groups is 2. The lowest BCUT2D eigenvalue weighted by Gasteiger charge is -2.37. The molecule has 2 unspecified atom stereocenters. The Balaban J connectivity index is 0.000000185. The fraction of sp³-hybridized carbons (Fsp3) is 0.440. The van der Waals surface area contributed by atoms with Gasteiger partial charge in [0.1, 0.15) is 74.5 Å². The first-order valence-electron chi connectivity index (χ1n) is 43.0. The number of esters is 3. The van der Waals surface area contributed by atoms with Crippen LogP contribution in [0.2, 0.25) is 0 Å². The monoisotopic (exact) mass is 2010 g/mol. The first kappa shape index (κ1) is 106. The lowest BCUT2D eigenvalue weighted by atomic mass is 9.77. The summed E-state index contributed by atoms with van der Waals surface area (Å²) in [6.45, 7) is 14.9. The Kier molecular flexibility index (Phi) is 37.8. The number of aliphatic hydroxyl groups is 2. The molecule has 5 saturated heterocycles. The second-order valence-corrected chi connectivity index (χ2v) is 44.1. The van der Waals surface area contributed by atoms with Crippen LogP contribution in [0.15, 0.2) is 221 Å². The summed E-state index contributed by atoms with van der Waals surface area (Å²) < 4.78 is 149. The molecule has 0 saturated carbocycles. The molecule has 6 aromatic carbocycles. The molecule has 43 heteroatoms. The number of halogens is 5. The number of anilines is 3. The van der Waals surface area contributed by atoms with Crippen LogP contribution >= 0.6 is 79.5 Å². The molecule has 724 valence electrons. The van der Waals surface area contributed by atoms with E-state index in [1.54, 1.807) is 88.7 Å². The molecule has 0 spiro atoms. The number of benzene rings is 6. The van der Waals surface area contributed by atoms with E-state index in [1.165, 1.54) is 33.8 Å². The van der Waals surface area contributed by atoms with Crippen molar-refractivity contribution in [3.8, 4) is 11.5 Å².